The minimum absolute atomic E-state index is 0.549. The number of rotatable bonds is 2. The van der Waals surface area contributed by atoms with E-state index in [-0.39, 0.29) is 0 Å². The highest BCUT2D eigenvalue weighted by Gasteiger charge is 2.28. The summed E-state index contributed by atoms with van der Waals surface area (Å²) in [6.07, 6.45) is 5.44. The summed E-state index contributed by atoms with van der Waals surface area (Å²) >= 11 is 0. The lowest BCUT2D eigenvalue weighted by atomic mass is 9.95. The molecule has 0 saturated carbocycles. The van der Waals surface area contributed by atoms with Crippen LogP contribution in [0, 0.1) is 0 Å². The van der Waals surface area contributed by atoms with Crippen molar-refractivity contribution >= 4 is 0 Å². The molecule has 1 aromatic rings. The van der Waals surface area contributed by atoms with Crippen molar-refractivity contribution < 1.29 is 5.11 Å². The van der Waals surface area contributed by atoms with Crippen LogP contribution in [0.5, 0.6) is 0 Å². The van der Waals surface area contributed by atoms with Crippen LogP contribution >= 0.6 is 0 Å². The van der Waals surface area contributed by atoms with Crippen molar-refractivity contribution in [2.45, 2.75) is 31.9 Å². The summed E-state index contributed by atoms with van der Waals surface area (Å²) in [5.74, 6) is 0.829. The van der Waals surface area contributed by atoms with Gasteiger partial charge in [0.05, 0.1) is 12.1 Å². The highest BCUT2D eigenvalue weighted by molar-refractivity contribution is 4.91. The summed E-state index contributed by atoms with van der Waals surface area (Å²) in [7, 11) is 0. The van der Waals surface area contributed by atoms with E-state index in [1.807, 2.05) is 13.0 Å². The van der Waals surface area contributed by atoms with Crippen molar-refractivity contribution in [1.82, 2.24) is 14.9 Å². The van der Waals surface area contributed by atoms with Crippen LogP contribution in [0.3, 0.4) is 0 Å². The summed E-state index contributed by atoms with van der Waals surface area (Å²) in [5, 5.41) is 9.94. The number of piperidine rings is 1. The molecule has 0 aliphatic carbocycles. The third-order valence-corrected chi connectivity index (χ3v) is 2.74. The predicted molar refractivity (Wildman–Crippen MR) is 57.2 cm³/mol. The van der Waals surface area contributed by atoms with Crippen molar-refractivity contribution in [3.05, 3.63) is 24.3 Å². The molecule has 4 heteroatoms. The minimum atomic E-state index is -0.549. The van der Waals surface area contributed by atoms with Gasteiger partial charge in [0, 0.05) is 18.9 Å². The van der Waals surface area contributed by atoms with Crippen LogP contribution in [0.4, 0.5) is 0 Å². The van der Waals surface area contributed by atoms with Gasteiger partial charge in [-0.05, 0) is 32.4 Å². The van der Waals surface area contributed by atoms with E-state index < -0.39 is 5.60 Å². The number of hydrogen-bond donors (Lipinski definition) is 1. The molecule has 0 radical (unpaired) electrons. The number of hydrogen-bond acceptors (Lipinski definition) is 4. The zero-order valence-corrected chi connectivity index (χ0v) is 9.06. The SMILES string of the molecule is CC1(O)CCCN(Cc2ncccn2)C1. The second-order valence-corrected chi connectivity index (χ2v) is 4.48. The third-order valence-electron chi connectivity index (χ3n) is 2.74. The summed E-state index contributed by atoms with van der Waals surface area (Å²) in [5.41, 5.74) is -0.549. The molecular formula is C11H17N3O. The Morgan fingerprint density at radius 2 is 2.20 bits per heavy atom. The lowest BCUT2D eigenvalue weighted by Gasteiger charge is -2.36. The smallest absolute Gasteiger partial charge is 0.142 e. The fourth-order valence-corrected chi connectivity index (χ4v) is 2.07. The quantitative estimate of drug-likeness (QED) is 0.780. The molecule has 1 saturated heterocycles. The van der Waals surface area contributed by atoms with Crippen LogP contribution in [0.1, 0.15) is 25.6 Å². The number of nitrogens with zero attached hydrogens (tertiary/aromatic N) is 3. The molecular weight excluding hydrogens is 190 g/mol. The van der Waals surface area contributed by atoms with E-state index in [2.05, 4.69) is 14.9 Å². The molecule has 1 N–H and O–H groups in total. The third kappa shape index (κ3) is 2.97. The largest absolute Gasteiger partial charge is 0.389 e. The fourth-order valence-electron chi connectivity index (χ4n) is 2.07. The molecule has 1 aliphatic rings. The molecule has 0 aromatic carbocycles. The van der Waals surface area contributed by atoms with E-state index in [0.29, 0.717) is 6.54 Å². The topological polar surface area (TPSA) is 49.2 Å². The number of aromatic nitrogens is 2. The summed E-state index contributed by atoms with van der Waals surface area (Å²) < 4.78 is 0. The molecule has 1 aliphatic heterocycles. The molecule has 0 amide bonds. The highest BCUT2D eigenvalue weighted by atomic mass is 16.3. The molecule has 1 aromatic heterocycles. The Morgan fingerprint density at radius 3 is 2.87 bits per heavy atom. The van der Waals surface area contributed by atoms with Crippen LogP contribution < -0.4 is 0 Å². The summed E-state index contributed by atoms with van der Waals surface area (Å²) in [4.78, 5) is 10.6. The monoisotopic (exact) mass is 207 g/mol. The van der Waals surface area contributed by atoms with Crippen LogP contribution in [-0.2, 0) is 6.54 Å². The summed E-state index contributed by atoms with van der Waals surface area (Å²) in [6, 6.07) is 1.82. The Hall–Kier alpha value is -1.00. The van der Waals surface area contributed by atoms with E-state index in [9.17, 15) is 5.11 Å². The van der Waals surface area contributed by atoms with Gasteiger partial charge < -0.3 is 5.11 Å². The Balaban J connectivity index is 1.95. The molecule has 2 heterocycles. The molecule has 0 bridgehead atoms. The number of likely N-dealkylation sites (tertiary alicyclic amines) is 1. The van der Waals surface area contributed by atoms with Crippen molar-refractivity contribution in [2.75, 3.05) is 13.1 Å². The van der Waals surface area contributed by atoms with Gasteiger partial charge in [-0.15, -0.1) is 0 Å². The lowest BCUT2D eigenvalue weighted by molar-refractivity contribution is -0.0188. The van der Waals surface area contributed by atoms with Crippen LogP contribution in [0.2, 0.25) is 0 Å². The first-order valence-electron chi connectivity index (χ1n) is 5.36. The molecule has 15 heavy (non-hydrogen) atoms. The van der Waals surface area contributed by atoms with E-state index in [1.165, 1.54) is 0 Å². The second kappa shape index (κ2) is 4.24. The van der Waals surface area contributed by atoms with Gasteiger partial charge in [0.15, 0.2) is 0 Å². The predicted octanol–water partition coefficient (Wildman–Crippen LogP) is 0.823. The Bertz CT molecular complexity index is 313. The van der Waals surface area contributed by atoms with Gasteiger partial charge in [0.1, 0.15) is 5.82 Å². The zero-order valence-electron chi connectivity index (χ0n) is 9.06. The van der Waals surface area contributed by atoms with Crippen LogP contribution in [0.25, 0.3) is 0 Å². The van der Waals surface area contributed by atoms with Crippen molar-refractivity contribution in [2.24, 2.45) is 0 Å². The van der Waals surface area contributed by atoms with E-state index in [1.54, 1.807) is 12.4 Å². The molecule has 0 spiro atoms. The normalized spacial score (nSPS) is 27.9. The van der Waals surface area contributed by atoms with Crippen molar-refractivity contribution in [3.63, 3.8) is 0 Å². The van der Waals surface area contributed by atoms with E-state index in [4.69, 9.17) is 0 Å². The van der Waals surface area contributed by atoms with Gasteiger partial charge >= 0.3 is 0 Å². The average molecular weight is 207 g/mol. The minimum Gasteiger partial charge on any atom is -0.389 e. The van der Waals surface area contributed by atoms with Gasteiger partial charge in [-0.1, -0.05) is 0 Å². The number of β-amino-alcohol motifs (C(OH)–C–C–N with tert-alkyl or cyclic N) is 1. The van der Waals surface area contributed by atoms with E-state index in [0.717, 1.165) is 31.8 Å². The van der Waals surface area contributed by atoms with Gasteiger partial charge in [-0.3, -0.25) is 4.90 Å². The molecule has 4 nitrogen and oxygen atoms in total. The Labute approximate surface area is 90.0 Å². The first-order valence-corrected chi connectivity index (χ1v) is 5.36. The molecule has 1 atom stereocenters. The van der Waals surface area contributed by atoms with E-state index >= 15 is 0 Å². The summed E-state index contributed by atoms with van der Waals surface area (Å²) in [6.45, 7) is 4.36. The standard InChI is InChI=1S/C11H17N3O/c1-11(15)4-2-7-14(9-11)8-10-12-5-3-6-13-10/h3,5-6,15H,2,4,7-9H2,1H3. The molecule has 1 fully saturated rings. The molecule has 1 unspecified atom stereocenters. The number of aliphatic hydroxyl groups is 1. The second-order valence-electron chi connectivity index (χ2n) is 4.48. The highest BCUT2D eigenvalue weighted by Crippen LogP contribution is 2.20. The fraction of sp³-hybridized carbons (Fsp3) is 0.636. The van der Waals surface area contributed by atoms with Gasteiger partial charge in [-0.25, -0.2) is 9.97 Å². The van der Waals surface area contributed by atoms with Gasteiger partial charge in [0.25, 0.3) is 0 Å². The Morgan fingerprint density at radius 1 is 1.47 bits per heavy atom. The van der Waals surface area contributed by atoms with Gasteiger partial charge in [0.2, 0.25) is 0 Å². The maximum absolute atomic E-state index is 9.94. The van der Waals surface area contributed by atoms with Crippen molar-refractivity contribution in [3.8, 4) is 0 Å². The van der Waals surface area contributed by atoms with Crippen LogP contribution in [-0.4, -0.2) is 38.7 Å². The zero-order chi connectivity index (χ0) is 10.7. The first kappa shape index (κ1) is 10.5. The van der Waals surface area contributed by atoms with Gasteiger partial charge in [-0.2, -0.15) is 0 Å². The first-order chi connectivity index (χ1) is 7.16. The Kier molecular flexibility index (Phi) is 2.98. The maximum Gasteiger partial charge on any atom is 0.142 e. The molecule has 82 valence electrons. The average Bonchev–Trinajstić information content (AvgIpc) is 2.17. The van der Waals surface area contributed by atoms with Crippen LogP contribution in [0.15, 0.2) is 18.5 Å². The van der Waals surface area contributed by atoms with Crippen molar-refractivity contribution in [1.29, 1.82) is 0 Å². The molecule has 2 rings (SSSR count). The maximum atomic E-state index is 9.94. The lowest BCUT2D eigenvalue weighted by Crippen LogP contribution is -2.45.